The van der Waals surface area contributed by atoms with Gasteiger partial charge in [0.25, 0.3) is 0 Å². The van der Waals surface area contributed by atoms with E-state index in [0.717, 1.165) is 19.0 Å². The Hall–Kier alpha value is -1.32. The number of nitrogens with zero attached hydrogens (tertiary/aromatic N) is 1. The van der Waals surface area contributed by atoms with Crippen molar-refractivity contribution < 1.29 is 9.13 Å². The molecule has 1 saturated carbocycles. The third-order valence-corrected chi connectivity index (χ3v) is 1.66. The average Bonchev–Trinajstić information content (AvgIpc) is 2.81. The average molecular weight is 168 g/mol. The largest absolute Gasteiger partial charge is 0.487 e. The molecule has 0 saturated heterocycles. The van der Waals surface area contributed by atoms with Gasteiger partial charge in [-0.2, -0.15) is 0 Å². The van der Waals surface area contributed by atoms with Crippen LogP contribution in [0.4, 0.5) is 10.2 Å². The molecule has 1 aliphatic rings. The summed E-state index contributed by atoms with van der Waals surface area (Å²) in [6.45, 7) is 0. The minimum absolute atomic E-state index is 0.182. The second-order valence-electron chi connectivity index (χ2n) is 2.86. The molecule has 4 heteroatoms. The second kappa shape index (κ2) is 2.62. The van der Waals surface area contributed by atoms with Crippen LogP contribution in [0.1, 0.15) is 12.8 Å². The van der Waals surface area contributed by atoms with Gasteiger partial charge >= 0.3 is 0 Å². The third kappa shape index (κ3) is 1.47. The maximum atomic E-state index is 12.9. The van der Waals surface area contributed by atoms with E-state index in [1.165, 1.54) is 6.07 Å². The number of nitrogens with two attached hydrogens (primary N) is 1. The summed E-state index contributed by atoms with van der Waals surface area (Å²) in [5.74, 6) is 0.0492. The van der Waals surface area contributed by atoms with E-state index >= 15 is 0 Å². The van der Waals surface area contributed by atoms with Crippen molar-refractivity contribution >= 4 is 5.82 Å². The number of hydrogen-bond donors (Lipinski definition) is 1. The summed E-state index contributed by atoms with van der Waals surface area (Å²) in [4.78, 5) is 3.59. The molecule has 0 aromatic carbocycles. The highest BCUT2D eigenvalue weighted by molar-refractivity contribution is 5.37. The number of anilines is 1. The van der Waals surface area contributed by atoms with Crippen molar-refractivity contribution in [1.82, 2.24) is 4.98 Å². The Morgan fingerprint density at radius 3 is 3.00 bits per heavy atom. The van der Waals surface area contributed by atoms with Gasteiger partial charge in [0, 0.05) is 6.07 Å². The number of halogens is 1. The topological polar surface area (TPSA) is 48.1 Å². The van der Waals surface area contributed by atoms with Crippen LogP contribution in [-0.2, 0) is 0 Å². The molecular weight excluding hydrogens is 159 g/mol. The van der Waals surface area contributed by atoms with E-state index in [4.69, 9.17) is 10.5 Å². The van der Waals surface area contributed by atoms with E-state index in [2.05, 4.69) is 4.98 Å². The number of hydrogen-bond acceptors (Lipinski definition) is 3. The fraction of sp³-hybridized carbons (Fsp3) is 0.375. The fourth-order valence-corrected chi connectivity index (χ4v) is 0.891. The van der Waals surface area contributed by atoms with Gasteiger partial charge in [-0.3, -0.25) is 0 Å². The first kappa shape index (κ1) is 7.34. The summed E-state index contributed by atoms with van der Waals surface area (Å²) in [5, 5.41) is 0. The highest BCUT2D eigenvalue weighted by Gasteiger charge is 2.24. The van der Waals surface area contributed by atoms with Gasteiger partial charge in [-0.1, -0.05) is 0 Å². The molecule has 1 aromatic rings. The van der Waals surface area contributed by atoms with Crippen LogP contribution in [0.2, 0.25) is 0 Å². The smallest absolute Gasteiger partial charge is 0.183 e. The predicted molar refractivity (Wildman–Crippen MR) is 42.3 cm³/mol. The van der Waals surface area contributed by atoms with E-state index in [1.807, 2.05) is 0 Å². The Balaban J connectivity index is 2.21. The lowest BCUT2D eigenvalue weighted by Gasteiger charge is -2.04. The predicted octanol–water partition coefficient (Wildman–Crippen LogP) is 1.34. The summed E-state index contributed by atoms with van der Waals surface area (Å²) in [7, 11) is 0. The van der Waals surface area contributed by atoms with Crippen LogP contribution in [0.25, 0.3) is 0 Å². The Bertz CT molecular complexity index is 299. The third-order valence-electron chi connectivity index (χ3n) is 1.66. The molecule has 0 aliphatic heterocycles. The molecule has 64 valence electrons. The Morgan fingerprint density at radius 2 is 2.33 bits per heavy atom. The summed E-state index contributed by atoms with van der Waals surface area (Å²) >= 11 is 0. The molecule has 0 bridgehead atoms. The highest BCUT2D eigenvalue weighted by Crippen LogP contribution is 2.28. The zero-order valence-corrected chi connectivity index (χ0v) is 6.46. The van der Waals surface area contributed by atoms with E-state index in [1.54, 1.807) is 0 Å². The van der Waals surface area contributed by atoms with Crippen LogP contribution >= 0.6 is 0 Å². The lowest BCUT2D eigenvalue weighted by Crippen LogP contribution is -2.00. The normalized spacial score (nSPS) is 16.1. The summed E-state index contributed by atoms with van der Waals surface area (Å²) in [6.07, 6.45) is 3.26. The van der Waals surface area contributed by atoms with Crippen molar-refractivity contribution in [2.45, 2.75) is 18.9 Å². The molecule has 1 aromatic heterocycles. The molecule has 0 spiro atoms. The number of aromatic nitrogens is 1. The maximum absolute atomic E-state index is 12.9. The molecule has 1 aliphatic carbocycles. The molecule has 0 radical (unpaired) electrons. The van der Waals surface area contributed by atoms with Gasteiger partial charge in [0.2, 0.25) is 0 Å². The zero-order valence-electron chi connectivity index (χ0n) is 6.46. The molecule has 12 heavy (non-hydrogen) atoms. The van der Waals surface area contributed by atoms with E-state index < -0.39 is 5.82 Å². The second-order valence-corrected chi connectivity index (χ2v) is 2.86. The number of ether oxygens (including phenoxy) is 1. The quantitative estimate of drug-likeness (QED) is 0.725. The van der Waals surface area contributed by atoms with E-state index in [9.17, 15) is 4.39 Å². The number of pyridine rings is 1. The van der Waals surface area contributed by atoms with Crippen LogP contribution in [0.5, 0.6) is 5.75 Å². The molecule has 2 rings (SSSR count). The van der Waals surface area contributed by atoms with Crippen LogP contribution in [-0.4, -0.2) is 11.1 Å². The van der Waals surface area contributed by atoms with Crippen molar-refractivity contribution in [3.63, 3.8) is 0 Å². The van der Waals surface area contributed by atoms with E-state index in [-0.39, 0.29) is 17.7 Å². The number of rotatable bonds is 2. The van der Waals surface area contributed by atoms with Crippen LogP contribution in [0.15, 0.2) is 12.3 Å². The van der Waals surface area contributed by atoms with Crippen molar-refractivity contribution in [1.29, 1.82) is 0 Å². The molecule has 3 nitrogen and oxygen atoms in total. The summed E-state index contributed by atoms with van der Waals surface area (Å²) in [6, 6.07) is 1.41. The van der Waals surface area contributed by atoms with Crippen molar-refractivity contribution in [3.8, 4) is 5.75 Å². The van der Waals surface area contributed by atoms with E-state index in [0.29, 0.717) is 0 Å². The summed E-state index contributed by atoms with van der Waals surface area (Å²) < 4.78 is 18.2. The van der Waals surface area contributed by atoms with Gasteiger partial charge < -0.3 is 10.5 Å². The standard InChI is InChI=1S/C8H9FN2O/c9-6-4-11-8(10)3-7(6)12-5-1-2-5/h3-5H,1-2H2,(H2,10,11). The number of nitrogen functional groups attached to an aromatic ring is 1. The van der Waals surface area contributed by atoms with Gasteiger partial charge in [-0.15, -0.1) is 0 Å². The Labute approximate surface area is 69.4 Å². The van der Waals surface area contributed by atoms with Crippen LogP contribution in [0.3, 0.4) is 0 Å². The first-order valence-corrected chi connectivity index (χ1v) is 3.83. The van der Waals surface area contributed by atoms with Crippen molar-refractivity contribution in [2.75, 3.05) is 5.73 Å². The lowest BCUT2D eigenvalue weighted by atomic mass is 10.4. The van der Waals surface area contributed by atoms with Gasteiger partial charge in [-0.05, 0) is 12.8 Å². The molecule has 0 amide bonds. The van der Waals surface area contributed by atoms with Gasteiger partial charge in [0.15, 0.2) is 11.6 Å². The fourth-order valence-electron chi connectivity index (χ4n) is 0.891. The SMILES string of the molecule is Nc1cc(OC2CC2)c(F)cn1. The molecule has 0 unspecified atom stereocenters. The maximum Gasteiger partial charge on any atom is 0.183 e. The highest BCUT2D eigenvalue weighted by atomic mass is 19.1. The lowest BCUT2D eigenvalue weighted by molar-refractivity contribution is 0.287. The minimum Gasteiger partial charge on any atom is -0.487 e. The molecular formula is C8H9FN2O. The van der Waals surface area contributed by atoms with Crippen LogP contribution < -0.4 is 10.5 Å². The first-order chi connectivity index (χ1) is 5.75. The van der Waals surface area contributed by atoms with Gasteiger partial charge in [0.05, 0.1) is 12.3 Å². The molecule has 0 atom stereocenters. The Morgan fingerprint density at radius 1 is 1.58 bits per heavy atom. The molecule has 1 heterocycles. The zero-order chi connectivity index (χ0) is 8.55. The van der Waals surface area contributed by atoms with Gasteiger partial charge in [-0.25, -0.2) is 9.37 Å². The van der Waals surface area contributed by atoms with Crippen molar-refractivity contribution in [3.05, 3.63) is 18.1 Å². The molecule has 2 N–H and O–H groups in total. The van der Waals surface area contributed by atoms with Crippen molar-refractivity contribution in [2.24, 2.45) is 0 Å². The first-order valence-electron chi connectivity index (χ1n) is 3.83. The monoisotopic (exact) mass is 168 g/mol. The molecule has 1 fully saturated rings. The Kier molecular flexibility index (Phi) is 1.60. The summed E-state index contributed by atoms with van der Waals surface area (Å²) in [5.41, 5.74) is 5.37. The van der Waals surface area contributed by atoms with Crippen LogP contribution in [0, 0.1) is 5.82 Å². The van der Waals surface area contributed by atoms with Gasteiger partial charge in [0.1, 0.15) is 5.82 Å². The minimum atomic E-state index is -0.448.